The molecule has 1 aromatic rings. The van der Waals surface area contributed by atoms with Crippen molar-refractivity contribution in [1.82, 2.24) is 0 Å². The largest absolute Gasteiger partial charge is 0.450 e. The van der Waals surface area contributed by atoms with Gasteiger partial charge in [-0.2, -0.15) is 0 Å². The Labute approximate surface area is 191 Å². The van der Waals surface area contributed by atoms with Gasteiger partial charge in [-0.3, -0.25) is 14.4 Å². The van der Waals surface area contributed by atoms with E-state index in [4.69, 9.17) is 4.74 Å². The molecule has 2 aliphatic rings. The maximum Gasteiger partial charge on any atom is 0.303 e. The van der Waals surface area contributed by atoms with Gasteiger partial charge in [0, 0.05) is 31.1 Å². The van der Waals surface area contributed by atoms with Crippen LogP contribution < -0.4 is 0 Å². The first-order valence-corrected chi connectivity index (χ1v) is 11.7. The fraction of sp³-hybridized carbons (Fsp3) is 0.593. The molecule has 1 fully saturated rings. The van der Waals surface area contributed by atoms with Crippen molar-refractivity contribution in [3.8, 4) is 0 Å². The zero-order valence-corrected chi connectivity index (χ0v) is 19.9. The van der Waals surface area contributed by atoms with Crippen molar-refractivity contribution < 1.29 is 24.2 Å². The number of hydrogen-bond acceptors (Lipinski definition) is 5. The van der Waals surface area contributed by atoms with E-state index in [0.29, 0.717) is 37.7 Å². The minimum atomic E-state index is -1.06. The van der Waals surface area contributed by atoms with E-state index >= 15 is 0 Å². The third kappa shape index (κ3) is 4.73. The van der Waals surface area contributed by atoms with Crippen LogP contribution in [0.4, 0.5) is 0 Å². The van der Waals surface area contributed by atoms with Crippen LogP contribution in [0.1, 0.15) is 72.3 Å². The fourth-order valence-electron chi connectivity index (χ4n) is 5.62. The first-order valence-electron chi connectivity index (χ1n) is 11.7. The number of carbonyl (C=O) groups is 3. The summed E-state index contributed by atoms with van der Waals surface area (Å²) in [6.45, 7) is 9.04. The van der Waals surface area contributed by atoms with Crippen molar-refractivity contribution >= 4 is 17.5 Å². The van der Waals surface area contributed by atoms with Gasteiger partial charge in [0.05, 0.1) is 5.60 Å². The number of aliphatic hydroxyl groups is 1. The standard InChI is InChI=1S/C27H36O5/c1-17(14-20-10-7-6-8-11-20)23(30)15-21-16-27(31)13-9-12-22(29)25(32-19(3)28)24(18(21)2)26(27,4)5/h6-8,10-11,17,21,25,31H,9,12-16H2,1-5H3. The van der Waals surface area contributed by atoms with Crippen LogP contribution in [0.3, 0.4) is 0 Å². The molecule has 0 heterocycles. The number of ether oxygens (including phenoxy) is 1. The number of esters is 1. The van der Waals surface area contributed by atoms with Crippen LogP contribution in [0.2, 0.25) is 0 Å². The summed E-state index contributed by atoms with van der Waals surface area (Å²) in [7, 11) is 0. The smallest absolute Gasteiger partial charge is 0.303 e. The van der Waals surface area contributed by atoms with Crippen molar-refractivity contribution in [2.45, 2.75) is 84.8 Å². The lowest BCUT2D eigenvalue weighted by molar-refractivity contribution is -0.156. The summed E-state index contributed by atoms with van der Waals surface area (Å²) >= 11 is 0. The van der Waals surface area contributed by atoms with Gasteiger partial charge < -0.3 is 9.84 Å². The molecule has 0 radical (unpaired) electrons. The van der Waals surface area contributed by atoms with Gasteiger partial charge in [0.1, 0.15) is 5.78 Å². The lowest BCUT2D eigenvalue weighted by Gasteiger charge is -2.53. The number of fused-ring (bicyclic) bond motifs is 2. The summed E-state index contributed by atoms with van der Waals surface area (Å²) in [5.74, 6) is -0.826. The lowest BCUT2D eigenvalue weighted by atomic mass is 9.55. The SMILES string of the molecule is CC(=O)OC1C(=O)CCCC2(O)CC(CC(=O)C(C)Cc3ccccc3)C(C)=C1C2(C)C. The van der Waals surface area contributed by atoms with Crippen LogP contribution in [-0.4, -0.2) is 34.3 Å². The molecule has 2 aliphatic carbocycles. The molecule has 1 aromatic carbocycles. The number of benzene rings is 1. The Kier molecular flexibility index (Phi) is 7.09. The predicted octanol–water partition coefficient (Wildman–Crippen LogP) is 4.60. The Hall–Kier alpha value is -2.27. The Morgan fingerprint density at radius 2 is 1.88 bits per heavy atom. The number of carbonyl (C=O) groups excluding carboxylic acids is 3. The Balaban J connectivity index is 1.93. The summed E-state index contributed by atoms with van der Waals surface area (Å²) in [4.78, 5) is 37.9. The summed E-state index contributed by atoms with van der Waals surface area (Å²) in [6, 6.07) is 9.95. The number of allylic oxidation sites excluding steroid dienone is 1. The molecule has 4 unspecified atom stereocenters. The Morgan fingerprint density at radius 3 is 2.50 bits per heavy atom. The van der Waals surface area contributed by atoms with Crippen LogP contribution in [0.5, 0.6) is 0 Å². The van der Waals surface area contributed by atoms with Gasteiger partial charge in [-0.1, -0.05) is 56.7 Å². The highest BCUT2D eigenvalue weighted by Gasteiger charge is 2.55. The van der Waals surface area contributed by atoms with E-state index in [1.165, 1.54) is 6.92 Å². The van der Waals surface area contributed by atoms with E-state index in [9.17, 15) is 19.5 Å². The van der Waals surface area contributed by atoms with Crippen LogP contribution in [0.25, 0.3) is 0 Å². The minimum absolute atomic E-state index is 0.130. The third-order valence-electron chi connectivity index (χ3n) is 7.69. The van der Waals surface area contributed by atoms with Crippen molar-refractivity contribution in [3.63, 3.8) is 0 Å². The summed E-state index contributed by atoms with van der Waals surface area (Å²) < 4.78 is 5.51. The number of rotatable bonds is 6. The molecule has 174 valence electrons. The highest BCUT2D eigenvalue weighted by atomic mass is 16.5. The quantitative estimate of drug-likeness (QED) is 0.516. The van der Waals surface area contributed by atoms with Gasteiger partial charge in [0.2, 0.25) is 0 Å². The maximum atomic E-state index is 13.2. The molecule has 0 aliphatic heterocycles. The van der Waals surface area contributed by atoms with E-state index in [-0.39, 0.29) is 29.8 Å². The number of hydrogen-bond donors (Lipinski definition) is 1. The fourth-order valence-corrected chi connectivity index (χ4v) is 5.62. The Morgan fingerprint density at radius 1 is 1.22 bits per heavy atom. The highest BCUT2D eigenvalue weighted by Crippen LogP contribution is 2.55. The molecule has 0 amide bonds. The molecule has 0 saturated heterocycles. The molecule has 3 rings (SSSR count). The minimum Gasteiger partial charge on any atom is -0.450 e. The summed E-state index contributed by atoms with van der Waals surface area (Å²) in [5.41, 5.74) is 0.912. The molecule has 0 spiro atoms. The highest BCUT2D eigenvalue weighted by molar-refractivity contribution is 5.89. The monoisotopic (exact) mass is 440 g/mol. The molecule has 4 atom stereocenters. The van der Waals surface area contributed by atoms with E-state index < -0.39 is 23.1 Å². The second-order valence-corrected chi connectivity index (χ2v) is 10.2. The Bertz CT molecular complexity index is 913. The van der Waals surface area contributed by atoms with Crippen LogP contribution in [-0.2, 0) is 25.5 Å². The molecule has 2 bridgehead atoms. The summed E-state index contributed by atoms with van der Waals surface area (Å²) in [5, 5.41) is 11.8. The van der Waals surface area contributed by atoms with Gasteiger partial charge in [-0.25, -0.2) is 0 Å². The second kappa shape index (κ2) is 9.30. The second-order valence-electron chi connectivity index (χ2n) is 10.2. The van der Waals surface area contributed by atoms with Crippen LogP contribution in [0.15, 0.2) is 41.5 Å². The number of Topliss-reactive ketones (excluding diaryl/α,β-unsaturated/α-hetero) is 2. The molecule has 0 aromatic heterocycles. The predicted molar refractivity (Wildman–Crippen MR) is 123 cm³/mol. The van der Waals surface area contributed by atoms with Crippen molar-refractivity contribution in [3.05, 3.63) is 47.0 Å². The van der Waals surface area contributed by atoms with Gasteiger partial charge in [-0.05, 0) is 49.7 Å². The first kappa shape index (κ1) is 24.4. The molecule has 5 heteroatoms. The molecular weight excluding hydrogens is 404 g/mol. The average Bonchev–Trinajstić information content (AvgIpc) is 2.71. The molecule has 5 nitrogen and oxygen atoms in total. The third-order valence-corrected chi connectivity index (χ3v) is 7.69. The van der Waals surface area contributed by atoms with Crippen LogP contribution in [0, 0.1) is 17.3 Å². The molecular formula is C27H36O5. The van der Waals surface area contributed by atoms with E-state index in [1.54, 1.807) is 0 Å². The normalized spacial score (nSPS) is 28.5. The van der Waals surface area contributed by atoms with Gasteiger partial charge in [-0.15, -0.1) is 0 Å². The van der Waals surface area contributed by atoms with Crippen molar-refractivity contribution in [2.75, 3.05) is 0 Å². The van der Waals surface area contributed by atoms with Crippen molar-refractivity contribution in [2.24, 2.45) is 17.3 Å². The average molecular weight is 441 g/mol. The van der Waals surface area contributed by atoms with E-state index in [2.05, 4.69) is 0 Å². The maximum absolute atomic E-state index is 13.2. The molecule has 32 heavy (non-hydrogen) atoms. The zero-order chi connectivity index (χ0) is 23.7. The summed E-state index contributed by atoms with van der Waals surface area (Å²) in [6.07, 6.45) is 1.75. The molecule has 1 N–H and O–H groups in total. The van der Waals surface area contributed by atoms with E-state index in [0.717, 1.165) is 11.1 Å². The van der Waals surface area contributed by atoms with Crippen molar-refractivity contribution in [1.29, 1.82) is 0 Å². The molecule has 1 saturated carbocycles. The topological polar surface area (TPSA) is 80.7 Å². The van der Waals surface area contributed by atoms with Gasteiger partial charge in [0.25, 0.3) is 0 Å². The van der Waals surface area contributed by atoms with Gasteiger partial charge in [0.15, 0.2) is 11.9 Å². The van der Waals surface area contributed by atoms with Gasteiger partial charge >= 0.3 is 5.97 Å². The lowest BCUT2D eigenvalue weighted by Crippen LogP contribution is -2.55. The van der Waals surface area contributed by atoms with Crippen LogP contribution >= 0.6 is 0 Å². The zero-order valence-electron chi connectivity index (χ0n) is 19.9. The number of ketones is 2. The first-order chi connectivity index (χ1) is 15.0. The van der Waals surface area contributed by atoms with E-state index in [1.807, 2.05) is 58.0 Å².